The van der Waals surface area contributed by atoms with Crippen LogP contribution in [0.3, 0.4) is 0 Å². The number of hydrogen-bond donors (Lipinski definition) is 2. The first-order valence-electron chi connectivity index (χ1n) is 5.17. The van der Waals surface area contributed by atoms with Crippen molar-refractivity contribution in [1.82, 2.24) is 4.98 Å². The SMILES string of the molecule is CCNc1cc(OC)c2cccc(O)c2n1. The fourth-order valence-electron chi connectivity index (χ4n) is 1.64. The number of benzene rings is 1. The van der Waals surface area contributed by atoms with Crippen LogP contribution >= 0.6 is 0 Å². The largest absolute Gasteiger partial charge is 0.506 e. The number of nitrogens with one attached hydrogen (secondary N) is 1. The molecule has 0 spiro atoms. The van der Waals surface area contributed by atoms with Gasteiger partial charge in [-0.2, -0.15) is 0 Å². The average molecular weight is 218 g/mol. The lowest BCUT2D eigenvalue weighted by atomic mass is 10.2. The molecule has 0 saturated carbocycles. The van der Waals surface area contributed by atoms with Crippen LogP contribution in [-0.4, -0.2) is 23.7 Å². The normalized spacial score (nSPS) is 10.4. The third-order valence-corrected chi connectivity index (χ3v) is 2.36. The zero-order valence-electron chi connectivity index (χ0n) is 9.32. The summed E-state index contributed by atoms with van der Waals surface area (Å²) in [7, 11) is 1.61. The molecule has 1 aromatic heterocycles. The summed E-state index contributed by atoms with van der Waals surface area (Å²) in [5, 5.41) is 13.6. The maximum atomic E-state index is 9.74. The summed E-state index contributed by atoms with van der Waals surface area (Å²) in [4.78, 5) is 4.33. The molecule has 0 saturated heterocycles. The van der Waals surface area contributed by atoms with E-state index in [0.29, 0.717) is 17.1 Å². The number of fused-ring (bicyclic) bond motifs is 1. The fraction of sp³-hybridized carbons (Fsp3) is 0.250. The monoisotopic (exact) mass is 218 g/mol. The van der Waals surface area contributed by atoms with Crippen molar-refractivity contribution in [2.45, 2.75) is 6.92 Å². The number of phenolic OH excluding ortho intramolecular Hbond substituents is 1. The third-order valence-electron chi connectivity index (χ3n) is 2.36. The number of aromatic nitrogens is 1. The Balaban J connectivity index is 2.69. The molecule has 1 aromatic carbocycles. The van der Waals surface area contributed by atoms with E-state index < -0.39 is 0 Å². The first-order chi connectivity index (χ1) is 7.76. The van der Waals surface area contributed by atoms with Crippen molar-refractivity contribution in [3.8, 4) is 11.5 Å². The van der Waals surface area contributed by atoms with Gasteiger partial charge in [0.15, 0.2) is 0 Å². The summed E-state index contributed by atoms with van der Waals surface area (Å²) in [6, 6.07) is 7.08. The molecule has 0 bridgehead atoms. The van der Waals surface area contributed by atoms with Gasteiger partial charge in [0.2, 0.25) is 0 Å². The predicted molar refractivity (Wildman–Crippen MR) is 64.1 cm³/mol. The number of methoxy groups -OCH3 is 1. The molecule has 0 atom stereocenters. The molecular formula is C12H14N2O2. The van der Waals surface area contributed by atoms with Crippen molar-refractivity contribution in [1.29, 1.82) is 0 Å². The molecule has 16 heavy (non-hydrogen) atoms. The van der Waals surface area contributed by atoms with Gasteiger partial charge in [0, 0.05) is 18.0 Å². The number of nitrogens with zero attached hydrogens (tertiary/aromatic N) is 1. The van der Waals surface area contributed by atoms with Crippen LogP contribution in [0.1, 0.15) is 6.92 Å². The van der Waals surface area contributed by atoms with Gasteiger partial charge in [-0.3, -0.25) is 0 Å². The van der Waals surface area contributed by atoms with E-state index >= 15 is 0 Å². The van der Waals surface area contributed by atoms with Crippen molar-refractivity contribution in [3.05, 3.63) is 24.3 Å². The number of rotatable bonds is 3. The van der Waals surface area contributed by atoms with Gasteiger partial charge >= 0.3 is 0 Å². The Labute approximate surface area is 93.9 Å². The molecule has 84 valence electrons. The topological polar surface area (TPSA) is 54.4 Å². The highest BCUT2D eigenvalue weighted by molar-refractivity contribution is 5.91. The molecule has 0 fully saturated rings. The third kappa shape index (κ3) is 1.74. The average Bonchev–Trinajstić information content (AvgIpc) is 2.30. The Morgan fingerprint density at radius 3 is 2.94 bits per heavy atom. The Bertz CT molecular complexity index is 512. The number of aromatic hydroxyl groups is 1. The quantitative estimate of drug-likeness (QED) is 0.830. The minimum atomic E-state index is 0.163. The zero-order chi connectivity index (χ0) is 11.5. The summed E-state index contributed by atoms with van der Waals surface area (Å²) >= 11 is 0. The summed E-state index contributed by atoms with van der Waals surface area (Å²) in [6.07, 6.45) is 0. The summed E-state index contributed by atoms with van der Waals surface area (Å²) in [6.45, 7) is 2.76. The number of hydrogen-bond acceptors (Lipinski definition) is 4. The van der Waals surface area contributed by atoms with Gasteiger partial charge in [-0.25, -0.2) is 4.98 Å². The van der Waals surface area contributed by atoms with Gasteiger partial charge in [-0.15, -0.1) is 0 Å². The molecule has 4 nitrogen and oxygen atoms in total. The number of anilines is 1. The summed E-state index contributed by atoms with van der Waals surface area (Å²) in [5.74, 6) is 1.57. The Morgan fingerprint density at radius 1 is 1.44 bits per heavy atom. The van der Waals surface area contributed by atoms with Crippen LogP contribution in [0.4, 0.5) is 5.82 Å². The second-order valence-electron chi connectivity index (χ2n) is 3.41. The zero-order valence-corrected chi connectivity index (χ0v) is 9.32. The van der Waals surface area contributed by atoms with Crippen LogP contribution in [0.15, 0.2) is 24.3 Å². The van der Waals surface area contributed by atoms with Gasteiger partial charge in [0.1, 0.15) is 22.8 Å². The Hall–Kier alpha value is -1.97. The van der Waals surface area contributed by atoms with Crippen LogP contribution in [0.25, 0.3) is 10.9 Å². The Kier molecular flexibility index (Phi) is 2.81. The van der Waals surface area contributed by atoms with Crippen molar-refractivity contribution in [2.75, 3.05) is 19.0 Å². The number of ether oxygens (including phenoxy) is 1. The highest BCUT2D eigenvalue weighted by Gasteiger charge is 2.08. The second kappa shape index (κ2) is 4.26. The smallest absolute Gasteiger partial charge is 0.142 e. The van der Waals surface area contributed by atoms with E-state index in [1.54, 1.807) is 19.2 Å². The summed E-state index contributed by atoms with van der Waals surface area (Å²) < 4.78 is 5.28. The van der Waals surface area contributed by atoms with E-state index in [1.807, 2.05) is 19.1 Å². The van der Waals surface area contributed by atoms with E-state index in [4.69, 9.17) is 4.74 Å². The molecule has 1 heterocycles. The van der Waals surface area contributed by atoms with Crippen LogP contribution < -0.4 is 10.1 Å². The van der Waals surface area contributed by atoms with Gasteiger partial charge in [-0.05, 0) is 19.1 Å². The first kappa shape index (κ1) is 10.5. The van der Waals surface area contributed by atoms with Crippen molar-refractivity contribution < 1.29 is 9.84 Å². The van der Waals surface area contributed by atoms with Crippen molar-refractivity contribution >= 4 is 16.7 Å². The first-order valence-corrected chi connectivity index (χ1v) is 5.17. The molecule has 0 aliphatic carbocycles. The molecule has 0 aliphatic heterocycles. The lowest BCUT2D eigenvalue weighted by Gasteiger charge is -2.09. The van der Waals surface area contributed by atoms with E-state index in [1.165, 1.54) is 0 Å². The van der Waals surface area contributed by atoms with Crippen LogP contribution in [0.5, 0.6) is 11.5 Å². The number of para-hydroxylation sites is 1. The van der Waals surface area contributed by atoms with E-state index in [0.717, 1.165) is 11.9 Å². The second-order valence-corrected chi connectivity index (χ2v) is 3.41. The molecule has 0 amide bonds. The van der Waals surface area contributed by atoms with Crippen molar-refractivity contribution in [3.63, 3.8) is 0 Å². The molecular weight excluding hydrogens is 204 g/mol. The Morgan fingerprint density at radius 2 is 2.25 bits per heavy atom. The number of phenols is 1. The van der Waals surface area contributed by atoms with Crippen LogP contribution in [-0.2, 0) is 0 Å². The molecule has 0 radical (unpaired) electrons. The van der Waals surface area contributed by atoms with Crippen LogP contribution in [0, 0.1) is 0 Å². The van der Waals surface area contributed by atoms with Gasteiger partial charge < -0.3 is 15.2 Å². The highest BCUT2D eigenvalue weighted by atomic mass is 16.5. The molecule has 0 unspecified atom stereocenters. The van der Waals surface area contributed by atoms with Gasteiger partial charge in [0.25, 0.3) is 0 Å². The van der Waals surface area contributed by atoms with Crippen LogP contribution in [0.2, 0.25) is 0 Å². The maximum Gasteiger partial charge on any atom is 0.142 e. The maximum absolute atomic E-state index is 9.74. The highest BCUT2D eigenvalue weighted by Crippen LogP contribution is 2.31. The lowest BCUT2D eigenvalue weighted by molar-refractivity contribution is 0.419. The molecule has 0 aliphatic rings. The minimum Gasteiger partial charge on any atom is -0.506 e. The fourth-order valence-corrected chi connectivity index (χ4v) is 1.64. The van der Waals surface area contributed by atoms with Gasteiger partial charge in [0.05, 0.1) is 7.11 Å². The molecule has 4 heteroatoms. The van der Waals surface area contributed by atoms with Gasteiger partial charge in [-0.1, -0.05) is 6.07 Å². The van der Waals surface area contributed by atoms with Crippen molar-refractivity contribution in [2.24, 2.45) is 0 Å². The predicted octanol–water partition coefficient (Wildman–Crippen LogP) is 2.38. The summed E-state index contributed by atoms with van der Waals surface area (Å²) in [5.41, 5.74) is 0.554. The van der Waals surface area contributed by atoms with E-state index in [2.05, 4.69) is 10.3 Å². The molecule has 2 aromatic rings. The molecule has 2 rings (SSSR count). The minimum absolute atomic E-state index is 0.163. The number of pyridine rings is 1. The van der Waals surface area contributed by atoms with E-state index in [-0.39, 0.29) is 5.75 Å². The standard InChI is InChI=1S/C12H14N2O2/c1-3-13-11-7-10(16-2)8-5-4-6-9(15)12(8)14-11/h4-7,15H,3H2,1-2H3,(H,13,14). The van der Waals surface area contributed by atoms with E-state index in [9.17, 15) is 5.11 Å². The molecule has 2 N–H and O–H groups in total. The lowest BCUT2D eigenvalue weighted by Crippen LogP contribution is -2.00.